The average Bonchev–Trinajstić information content (AvgIpc) is 2.67. The fourth-order valence-corrected chi connectivity index (χ4v) is 5.22. The highest BCUT2D eigenvalue weighted by Gasteiger charge is 2.41. The number of hydrogen-bond donors (Lipinski definition) is 1. The fourth-order valence-electron chi connectivity index (χ4n) is 3.81. The second-order valence-electron chi connectivity index (χ2n) is 8.49. The average molecular weight is 467 g/mol. The third-order valence-corrected chi connectivity index (χ3v) is 7.25. The summed E-state index contributed by atoms with van der Waals surface area (Å²) < 4.78 is 65.0. The Labute approximate surface area is 180 Å². The van der Waals surface area contributed by atoms with Crippen molar-refractivity contribution in [3.8, 4) is 5.75 Å². The number of nitrogens with zero attached hydrogens (tertiary/aromatic N) is 2. The van der Waals surface area contributed by atoms with E-state index >= 15 is 0 Å². The lowest BCUT2D eigenvalue weighted by atomic mass is 9.78. The van der Waals surface area contributed by atoms with Crippen LogP contribution in [0.4, 0.5) is 13.2 Å². The van der Waals surface area contributed by atoms with E-state index in [1.807, 2.05) is 6.07 Å². The van der Waals surface area contributed by atoms with Crippen molar-refractivity contribution < 1.29 is 36.2 Å². The molecule has 3 rings (SSSR count). The zero-order valence-electron chi connectivity index (χ0n) is 17.9. The lowest BCUT2D eigenvalue weighted by Gasteiger charge is -2.44. The highest BCUT2D eigenvalue weighted by molar-refractivity contribution is 7.89. The van der Waals surface area contributed by atoms with Crippen molar-refractivity contribution in [2.75, 3.05) is 39.8 Å². The summed E-state index contributed by atoms with van der Waals surface area (Å²) >= 11 is 0. The van der Waals surface area contributed by atoms with E-state index in [0.717, 1.165) is 32.5 Å². The van der Waals surface area contributed by atoms with Gasteiger partial charge >= 0.3 is 12.1 Å². The summed E-state index contributed by atoms with van der Waals surface area (Å²) in [5, 5.41) is 7.12. The minimum Gasteiger partial charge on any atom is -0.492 e. The van der Waals surface area contributed by atoms with Crippen LogP contribution in [0.2, 0.25) is 0 Å². The van der Waals surface area contributed by atoms with Crippen molar-refractivity contribution in [1.29, 1.82) is 0 Å². The van der Waals surface area contributed by atoms with Gasteiger partial charge in [0.15, 0.2) is 0 Å². The van der Waals surface area contributed by atoms with Crippen molar-refractivity contribution in [1.82, 2.24) is 9.21 Å². The van der Waals surface area contributed by atoms with Crippen LogP contribution in [0.3, 0.4) is 0 Å². The molecule has 0 unspecified atom stereocenters. The highest BCUT2D eigenvalue weighted by Crippen LogP contribution is 2.38. The maximum Gasteiger partial charge on any atom is 0.490 e. The molecule has 1 saturated heterocycles. The second-order valence-corrected chi connectivity index (χ2v) is 10.5. The molecule has 7 nitrogen and oxygen atoms in total. The minimum atomic E-state index is -5.08. The molecule has 0 atom stereocenters. The van der Waals surface area contributed by atoms with Crippen molar-refractivity contribution in [3.05, 3.63) is 24.3 Å². The predicted octanol–water partition coefficient (Wildman–Crippen LogP) is 3.07. The number of halogens is 3. The van der Waals surface area contributed by atoms with Crippen LogP contribution >= 0.6 is 0 Å². The molecule has 1 aromatic rings. The molecule has 0 amide bonds. The molecule has 0 radical (unpaired) electrons. The molecular formula is C20H29F3N2O5S. The monoisotopic (exact) mass is 466 g/mol. The van der Waals surface area contributed by atoms with Crippen molar-refractivity contribution >= 4 is 16.0 Å². The normalized spacial score (nSPS) is 21.3. The molecule has 11 heteroatoms. The zero-order chi connectivity index (χ0) is 23.4. The molecule has 0 saturated carbocycles. The SMILES string of the molecule is CC(C)CN1CCC2(CC1)COc1ccccc1S(=O)(=O)N(C)C2.O=C(O)C(F)(F)F. The first-order valence-corrected chi connectivity index (χ1v) is 11.4. The van der Waals surface area contributed by atoms with Gasteiger partial charge in [-0.05, 0) is 44.0 Å². The topological polar surface area (TPSA) is 87.2 Å². The van der Waals surface area contributed by atoms with E-state index in [9.17, 15) is 21.6 Å². The first-order chi connectivity index (χ1) is 14.3. The Morgan fingerprint density at radius 3 is 2.29 bits per heavy atom. The van der Waals surface area contributed by atoms with Gasteiger partial charge in [0.25, 0.3) is 0 Å². The van der Waals surface area contributed by atoms with Crippen LogP contribution in [-0.4, -0.2) is 74.7 Å². The van der Waals surface area contributed by atoms with Gasteiger partial charge in [0.05, 0.1) is 6.61 Å². The van der Waals surface area contributed by atoms with Crippen LogP contribution in [0, 0.1) is 11.3 Å². The molecular weight excluding hydrogens is 437 g/mol. The number of carbonyl (C=O) groups is 1. The summed E-state index contributed by atoms with van der Waals surface area (Å²) in [7, 11) is -1.80. The van der Waals surface area contributed by atoms with Gasteiger partial charge in [-0.2, -0.15) is 13.2 Å². The number of carboxylic acid groups (broad SMARTS) is 1. The summed E-state index contributed by atoms with van der Waals surface area (Å²) in [6.07, 6.45) is -3.14. The lowest BCUT2D eigenvalue weighted by molar-refractivity contribution is -0.192. The minimum absolute atomic E-state index is 0.0944. The molecule has 1 spiro atoms. The molecule has 31 heavy (non-hydrogen) atoms. The zero-order valence-corrected chi connectivity index (χ0v) is 18.7. The van der Waals surface area contributed by atoms with Gasteiger partial charge in [0.1, 0.15) is 10.6 Å². The lowest BCUT2D eigenvalue weighted by Crippen LogP contribution is -2.51. The number of hydrogen-bond acceptors (Lipinski definition) is 5. The number of carboxylic acids is 1. The van der Waals surface area contributed by atoms with E-state index < -0.39 is 22.2 Å². The summed E-state index contributed by atoms with van der Waals surface area (Å²) in [6.45, 7) is 8.71. The molecule has 1 aromatic carbocycles. The number of para-hydroxylation sites is 1. The number of likely N-dealkylation sites (tertiary alicyclic amines) is 1. The fraction of sp³-hybridized carbons (Fsp3) is 0.650. The Hall–Kier alpha value is -1.85. The molecule has 1 fully saturated rings. The Morgan fingerprint density at radius 1 is 1.23 bits per heavy atom. The largest absolute Gasteiger partial charge is 0.492 e. The van der Waals surface area contributed by atoms with E-state index in [4.69, 9.17) is 14.6 Å². The predicted molar refractivity (Wildman–Crippen MR) is 108 cm³/mol. The molecule has 176 valence electrons. The van der Waals surface area contributed by atoms with Crippen LogP contribution in [0.15, 0.2) is 29.2 Å². The smallest absolute Gasteiger partial charge is 0.490 e. The molecule has 2 aliphatic rings. The number of benzene rings is 1. The number of sulfonamides is 1. The molecule has 1 N–H and O–H groups in total. The van der Waals surface area contributed by atoms with Crippen molar-refractivity contribution in [3.63, 3.8) is 0 Å². The summed E-state index contributed by atoms with van der Waals surface area (Å²) in [5.41, 5.74) is -0.0944. The van der Waals surface area contributed by atoms with Gasteiger partial charge in [0.2, 0.25) is 10.0 Å². The number of alkyl halides is 3. The van der Waals surface area contributed by atoms with Crippen LogP contribution in [0.1, 0.15) is 26.7 Å². The Bertz CT molecular complexity index is 866. The summed E-state index contributed by atoms with van der Waals surface area (Å²) in [4.78, 5) is 11.7. The first kappa shape index (κ1) is 25.4. The Morgan fingerprint density at radius 2 is 1.77 bits per heavy atom. The quantitative estimate of drug-likeness (QED) is 0.721. The summed E-state index contributed by atoms with van der Waals surface area (Å²) in [6, 6.07) is 6.96. The number of piperidine rings is 1. The second kappa shape index (κ2) is 9.74. The maximum absolute atomic E-state index is 12.8. The van der Waals surface area contributed by atoms with Gasteiger partial charge in [-0.25, -0.2) is 17.5 Å². The van der Waals surface area contributed by atoms with E-state index in [1.54, 1.807) is 25.2 Å². The highest BCUT2D eigenvalue weighted by atomic mass is 32.2. The first-order valence-electron chi connectivity index (χ1n) is 9.97. The van der Waals surface area contributed by atoms with Gasteiger partial charge in [-0.15, -0.1) is 0 Å². The molecule has 0 bridgehead atoms. The van der Waals surface area contributed by atoms with Gasteiger partial charge in [-0.1, -0.05) is 26.0 Å². The maximum atomic E-state index is 12.8. The van der Waals surface area contributed by atoms with E-state index in [0.29, 0.717) is 24.8 Å². The third-order valence-electron chi connectivity index (χ3n) is 5.41. The number of aliphatic carboxylic acids is 1. The van der Waals surface area contributed by atoms with E-state index in [2.05, 4.69) is 18.7 Å². The summed E-state index contributed by atoms with van der Waals surface area (Å²) in [5.74, 6) is -1.62. The number of ether oxygens (including phenoxy) is 1. The van der Waals surface area contributed by atoms with Gasteiger partial charge < -0.3 is 14.7 Å². The Balaban J connectivity index is 0.000000423. The molecule has 2 heterocycles. The number of fused-ring (bicyclic) bond motifs is 1. The van der Waals surface area contributed by atoms with Crippen LogP contribution in [-0.2, 0) is 14.8 Å². The van der Waals surface area contributed by atoms with Crippen LogP contribution in [0.5, 0.6) is 5.75 Å². The van der Waals surface area contributed by atoms with E-state index in [-0.39, 0.29) is 10.3 Å². The molecule has 2 aliphatic heterocycles. The standard InChI is InChI=1S/C18H28N2O3S.C2HF3O2/c1-15(2)12-20-10-8-18(9-11-20)13-19(3)24(21,22)17-7-5-4-6-16(17)23-14-18;3-2(4,5)1(6)7/h4-7,15H,8-14H2,1-3H3;(H,6,7). The van der Waals surface area contributed by atoms with Crippen molar-refractivity contribution in [2.45, 2.75) is 37.8 Å². The van der Waals surface area contributed by atoms with Crippen molar-refractivity contribution in [2.24, 2.45) is 11.3 Å². The van der Waals surface area contributed by atoms with Gasteiger partial charge in [0, 0.05) is 25.6 Å². The third kappa shape index (κ3) is 6.56. The van der Waals surface area contributed by atoms with Crippen LogP contribution < -0.4 is 4.74 Å². The Kier molecular flexibility index (Phi) is 7.99. The van der Waals surface area contributed by atoms with Crippen LogP contribution in [0.25, 0.3) is 0 Å². The molecule has 0 aromatic heterocycles. The number of rotatable bonds is 2. The van der Waals surface area contributed by atoms with E-state index in [1.165, 1.54) is 4.31 Å². The van der Waals surface area contributed by atoms with Gasteiger partial charge in [-0.3, -0.25) is 0 Å². The molecule has 0 aliphatic carbocycles.